The predicted octanol–water partition coefficient (Wildman–Crippen LogP) is 0.239. The molecular formula is C13H20N4O2. The highest BCUT2D eigenvalue weighted by atomic mass is 16.5. The summed E-state index contributed by atoms with van der Waals surface area (Å²) in [6.45, 7) is 5.33. The van der Waals surface area contributed by atoms with Gasteiger partial charge < -0.3 is 15.0 Å². The summed E-state index contributed by atoms with van der Waals surface area (Å²) in [6.07, 6.45) is 2.26. The minimum Gasteiger partial charge on any atom is -0.378 e. The van der Waals surface area contributed by atoms with E-state index in [0.717, 1.165) is 38.2 Å². The van der Waals surface area contributed by atoms with Gasteiger partial charge in [0.05, 0.1) is 18.9 Å². The molecule has 19 heavy (non-hydrogen) atoms. The van der Waals surface area contributed by atoms with Crippen LogP contribution in [0.3, 0.4) is 0 Å². The molecule has 0 spiro atoms. The molecule has 1 fully saturated rings. The summed E-state index contributed by atoms with van der Waals surface area (Å²) in [7, 11) is 0. The van der Waals surface area contributed by atoms with E-state index in [1.165, 1.54) is 0 Å². The normalized spacial score (nSPS) is 20.5. The minimum atomic E-state index is 0.0301. The molecule has 0 radical (unpaired) electrons. The Labute approximate surface area is 112 Å². The second-order valence-electron chi connectivity index (χ2n) is 5.03. The average molecular weight is 264 g/mol. The van der Waals surface area contributed by atoms with Gasteiger partial charge in [-0.05, 0) is 25.5 Å². The number of carbonyl (C=O) groups excluding carboxylic acids is 1. The number of hydrogen-bond acceptors (Lipinski definition) is 4. The van der Waals surface area contributed by atoms with Crippen molar-refractivity contribution in [2.45, 2.75) is 25.9 Å². The van der Waals surface area contributed by atoms with E-state index in [9.17, 15) is 4.79 Å². The van der Waals surface area contributed by atoms with Crippen LogP contribution in [0.25, 0.3) is 0 Å². The molecule has 1 aromatic heterocycles. The molecule has 3 rings (SSSR count). The zero-order valence-electron chi connectivity index (χ0n) is 11.1. The Morgan fingerprint density at radius 2 is 2.11 bits per heavy atom. The van der Waals surface area contributed by atoms with Gasteiger partial charge in [0, 0.05) is 26.2 Å². The molecular weight excluding hydrogens is 244 g/mol. The maximum absolute atomic E-state index is 12.4. The molecule has 0 bridgehead atoms. The van der Waals surface area contributed by atoms with Crippen LogP contribution in [0.2, 0.25) is 0 Å². The molecule has 0 unspecified atom stereocenters. The first-order valence-corrected chi connectivity index (χ1v) is 6.99. The highest BCUT2D eigenvalue weighted by molar-refractivity contribution is 5.92. The number of aromatic nitrogens is 2. The van der Waals surface area contributed by atoms with Crippen LogP contribution in [-0.2, 0) is 17.8 Å². The SMILES string of the molecule is O=C(c1cc2n(n1)CCCCNC2)N1CCOCC1. The van der Waals surface area contributed by atoms with E-state index < -0.39 is 0 Å². The van der Waals surface area contributed by atoms with E-state index in [1.807, 2.05) is 15.6 Å². The first-order valence-electron chi connectivity index (χ1n) is 6.99. The number of morpholine rings is 1. The van der Waals surface area contributed by atoms with Gasteiger partial charge in [-0.15, -0.1) is 0 Å². The van der Waals surface area contributed by atoms with Crippen molar-refractivity contribution >= 4 is 5.91 Å². The highest BCUT2D eigenvalue weighted by Crippen LogP contribution is 2.12. The summed E-state index contributed by atoms with van der Waals surface area (Å²) in [6, 6.07) is 1.93. The van der Waals surface area contributed by atoms with Crippen LogP contribution in [0.1, 0.15) is 29.0 Å². The average Bonchev–Trinajstić information content (AvgIpc) is 2.81. The lowest BCUT2D eigenvalue weighted by molar-refractivity contribution is 0.0298. The van der Waals surface area contributed by atoms with Crippen LogP contribution >= 0.6 is 0 Å². The van der Waals surface area contributed by atoms with Crippen LogP contribution in [-0.4, -0.2) is 53.4 Å². The van der Waals surface area contributed by atoms with Crippen LogP contribution < -0.4 is 5.32 Å². The number of rotatable bonds is 1. The summed E-state index contributed by atoms with van der Waals surface area (Å²) in [5.74, 6) is 0.0301. The third-order valence-electron chi connectivity index (χ3n) is 3.66. The monoisotopic (exact) mass is 264 g/mol. The summed E-state index contributed by atoms with van der Waals surface area (Å²) in [5.41, 5.74) is 1.68. The molecule has 104 valence electrons. The van der Waals surface area contributed by atoms with E-state index in [-0.39, 0.29) is 5.91 Å². The van der Waals surface area contributed by atoms with Gasteiger partial charge >= 0.3 is 0 Å². The van der Waals surface area contributed by atoms with Gasteiger partial charge in [-0.1, -0.05) is 0 Å². The predicted molar refractivity (Wildman–Crippen MR) is 69.9 cm³/mol. The molecule has 1 amide bonds. The van der Waals surface area contributed by atoms with Crippen molar-refractivity contribution in [2.24, 2.45) is 0 Å². The first kappa shape index (κ1) is 12.6. The van der Waals surface area contributed by atoms with Crippen LogP contribution in [0, 0.1) is 0 Å². The van der Waals surface area contributed by atoms with Crippen LogP contribution in [0.5, 0.6) is 0 Å². The van der Waals surface area contributed by atoms with Crippen molar-refractivity contribution < 1.29 is 9.53 Å². The number of aryl methyl sites for hydroxylation is 1. The lowest BCUT2D eigenvalue weighted by atomic mass is 10.2. The fourth-order valence-corrected chi connectivity index (χ4v) is 2.55. The maximum Gasteiger partial charge on any atom is 0.274 e. The van der Waals surface area contributed by atoms with Crippen molar-refractivity contribution in [1.29, 1.82) is 0 Å². The van der Waals surface area contributed by atoms with Gasteiger partial charge in [-0.25, -0.2) is 0 Å². The molecule has 6 nitrogen and oxygen atoms in total. The molecule has 0 aromatic carbocycles. The summed E-state index contributed by atoms with van der Waals surface area (Å²) < 4.78 is 7.24. The van der Waals surface area contributed by atoms with Gasteiger partial charge in [0.25, 0.3) is 5.91 Å². The zero-order valence-corrected chi connectivity index (χ0v) is 11.1. The van der Waals surface area contributed by atoms with Crippen molar-refractivity contribution in [3.05, 3.63) is 17.5 Å². The maximum atomic E-state index is 12.4. The molecule has 0 atom stereocenters. The van der Waals surface area contributed by atoms with Crippen molar-refractivity contribution in [2.75, 3.05) is 32.8 Å². The Kier molecular flexibility index (Phi) is 3.79. The molecule has 2 aliphatic rings. The fraction of sp³-hybridized carbons (Fsp3) is 0.692. The second-order valence-corrected chi connectivity index (χ2v) is 5.03. The number of hydrogen-bond donors (Lipinski definition) is 1. The number of nitrogens with one attached hydrogen (secondary N) is 1. The van der Waals surface area contributed by atoms with E-state index in [4.69, 9.17) is 4.74 Å². The van der Waals surface area contributed by atoms with Gasteiger partial charge in [-0.2, -0.15) is 5.10 Å². The third-order valence-corrected chi connectivity index (χ3v) is 3.66. The molecule has 1 N–H and O–H groups in total. The Bertz CT molecular complexity index is 426. The van der Waals surface area contributed by atoms with Gasteiger partial charge in [0.1, 0.15) is 0 Å². The highest BCUT2D eigenvalue weighted by Gasteiger charge is 2.22. The lowest BCUT2D eigenvalue weighted by Gasteiger charge is -2.25. The molecule has 1 saturated heterocycles. The Morgan fingerprint density at radius 3 is 2.95 bits per heavy atom. The number of fused-ring (bicyclic) bond motifs is 1. The van der Waals surface area contributed by atoms with Gasteiger partial charge in [-0.3, -0.25) is 9.48 Å². The molecule has 0 aliphatic carbocycles. The molecule has 2 aliphatic heterocycles. The van der Waals surface area contributed by atoms with E-state index >= 15 is 0 Å². The Morgan fingerprint density at radius 1 is 1.26 bits per heavy atom. The largest absolute Gasteiger partial charge is 0.378 e. The van der Waals surface area contributed by atoms with Crippen molar-refractivity contribution in [1.82, 2.24) is 20.0 Å². The van der Waals surface area contributed by atoms with Crippen LogP contribution in [0.15, 0.2) is 6.07 Å². The topological polar surface area (TPSA) is 59.4 Å². The molecule has 6 heteroatoms. The second kappa shape index (κ2) is 5.71. The quantitative estimate of drug-likeness (QED) is 0.789. The summed E-state index contributed by atoms with van der Waals surface area (Å²) in [5, 5.41) is 7.84. The van der Waals surface area contributed by atoms with E-state index in [2.05, 4.69) is 10.4 Å². The minimum absolute atomic E-state index is 0.0301. The number of amides is 1. The lowest BCUT2D eigenvalue weighted by Crippen LogP contribution is -2.40. The van der Waals surface area contributed by atoms with E-state index in [1.54, 1.807) is 0 Å². The molecule has 3 heterocycles. The zero-order chi connectivity index (χ0) is 13.1. The third kappa shape index (κ3) is 2.79. The summed E-state index contributed by atoms with van der Waals surface area (Å²) >= 11 is 0. The van der Waals surface area contributed by atoms with E-state index in [0.29, 0.717) is 32.0 Å². The fourth-order valence-electron chi connectivity index (χ4n) is 2.55. The van der Waals surface area contributed by atoms with Crippen LogP contribution in [0.4, 0.5) is 0 Å². The number of ether oxygens (including phenoxy) is 1. The first-order chi connectivity index (χ1) is 9.34. The van der Waals surface area contributed by atoms with Gasteiger partial charge in [0.2, 0.25) is 0 Å². The Hall–Kier alpha value is -1.40. The standard InChI is InChI=1S/C13H20N4O2/c18-13(16-5-7-19-8-6-16)12-9-11-10-14-3-1-2-4-17(11)15-12/h9,14H,1-8,10H2. The van der Waals surface area contributed by atoms with Crippen molar-refractivity contribution in [3.8, 4) is 0 Å². The Balaban J connectivity index is 1.76. The molecule has 1 aromatic rings. The number of carbonyl (C=O) groups is 1. The summed E-state index contributed by atoms with van der Waals surface area (Å²) in [4.78, 5) is 14.2. The smallest absolute Gasteiger partial charge is 0.274 e. The van der Waals surface area contributed by atoms with Crippen molar-refractivity contribution in [3.63, 3.8) is 0 Å². The van der Waals surface area contributed by atoms with Gasteiger partial charge in [0.15, 0.2) is 5.69 Å². The molecule has 0 saturated carbocycles. The number of nitrogens with zero attached hydrogens (tertiary/aromatic N) is 3.